The molecule has 0 saturated carbocycles. The fraction of sp³-hybridized carbons (Fsp3) is 0.474. The smallest absolute Gasteiger partial charge is 0.130 e. The zero-order valence-corrected chi connectivity index (χ0v) is 13.8. The van der Waals surface area contributed by atoms with Crippen molar-refractivity contribution >= 4 is 10.8 Å². The van der Waals surface area contributed by atoms with Crippen LogP contribution in [0.5, 0.6) is 11.5 Å². The molecular formula is C19H26O2. The molecule has 21 heavy (non-hydrogen) atoms. The maximum Gasteiger partial charge on any atom is 0.130 e. The van der Waals surface area contributed by atoms with Gasteiger partial charge < -0.3 is 9.47 Å². The summed E-state index contributed by atoms with van der Waals surface area (Å²) in [6, 6.07) is 10.4. The Morgan fingerprint density at radius 2 is 1.48 bits per heavy atom. The third kappa shape index (κ3) is 3.90. The van der Waals surface area contributed by atoms with Gasteiger partial charge in [0, 0.05) is 10.8 Å². The summed E-state index contributed by atoms with van der Waals surface area (Å²) in [5.41, 5.74) is 1.17. The Kier molecular flexibility index (Phi) is 5.11. The van der Waals surface area contributed by atoms with Crippen molar-refractivity contribution < 1.29 is 9.47 Å². The Labute approximate surface area is 128 Å². The third-order valence-corrected chi connectivity index (χ3v) is 3.30. The summed E-state index contributed by atoms with van der Waals surface area (Å²) < 4.78 is 12.0. The van der Waals surface area contributed by atoms with Gasteiger partial charge in [-0.15, -0.1) is 0 Å². The molecule has 0 unspecified atom stereocenters. The lowest BCUT2D eigenvalue weighted by atomic mass is 10.0. The number of aryl methyl sites for hydroxylation is 1. The second-order valence-corrected chi connectivity index (χ2v) is 6.47. The van der Waals surface area contributed by atoms with Gasteiger partial charge >= 0.3 is 0 Å². The number of fused-ring (bicyclic) bond motifs is 1. The predicted octanol–water partition coefficient (Wildman–Crippen LogP) is 5.22. The van der Waals surface area contributed by atoms with Gasteiger partial charge in [-0.05, 0) is 30.4 Å². The molecule has 0 atom stereocenters. The number of hydrogen-bond donors (Lipinski definition) is 0. The fourth-order valence-electron chi connectivity index (χ4n) is 2.23. The van der Waals surface area contributed by atoms with Gasteiger partial charge in [0.25, 0.3) is 0 Å². The van der Waals surface area contributed by atoms with Crippen LogP contribution >= 0.6 is 0 Å². The Balaban J connectivity index is 2.40. The van der Waals surface area contributed by atoms with E-state index in [1.54, 1.807) is 0 Å². The first kappa shape index (κ1) is 15.7. The van der Waals surface area contributed by atoms with E-state index in [0.29, 0.717) is 11.8 Å². The molecule has 2 aromatic carbocycles. The van der Waals surface area contributed by atoms with Crippen LogP contribution in [-0.4, -0.2) is 13.2 Å². The molecule has 0 heterocycles. The molecule has 0 spiro atoms. The first-order valence-corrected chi connectivity index (χ1v) is 7.77. The molecular weight excluding hydrogens is 260 g/mol. The highest BCUT2D eigenvalue weighted by molar-refractivity contribution is 5.94. The highest BCUT2D eigenvalue weighted by atomic mass is 16.5. The van der Waals surface area contributed by atoms with Gasteiger partial charge in [-0.1, -0.05) is 52.0 Å². The predicted molar refractivity (Wildman–Crippen MR) is 89.4 cm³/mol. The van der Waals surface area contributed by atoms with Crippen LogP contribution in [0.4, 0.5) is 0 Å². The molecule has 0 fully saturated rings. The van der Waals surface area contributed by atoms with Crippen LogP contribution in [0.1, 0.15) is 33.3 Å². The SMILES string of the molecule is Cc1ccc2c(OCC(C)C)cccc2c1OCC(C)C. The van der Waals surface area contributed by atoms with Crippen molar-refractivity contribution in [2.75, 3.05) is 13.2 Å². The molecule has 0 saturated heterocycles. The van der Waals surface area contributed by atoms with Crippen LogP contribution in [0.25, 0.3) is 10.8 Å². The van der Waals surface area contributed by atoms with Crippen molar-refractivity contribution in [3.8, 4) is 11.5 Å². The van der Waals surface area contributed by atoms with Crippen molar-refractivity contribution in [1.29, 1.82) is 0 Å². The van der Waals surface area contributed by atoms with Crippen LogP contribution in [0.3, 0.4) is 0 Å². The van der Waals surface area contributed by atoms with Crippen molar-refractivity contribution in [1.82, 2.24) is 0 Å². The van der Waals surface area contributed by atoms with Crippen LogP contribution in [-0.2, 0) is 0 Å². The normalized spacial score (nSPS) is 11.4. The van der Waals surface area contributed by atoms with Crippen LogP contribution in [0.15, 0.2) is 30.3 Å². The standard InChI is InChI=1S/C19H26O2/c1-13(2)11-20-18-8-6-7-17-16(18)10-9-15(5)19(17)21-12-14(3)4/h6-10,13-14H,11-12H2,1-5H3. The zero-order valence-electron chi connectivity index (χ0n) is 13.8. The fourth-order valence-corrected chi connectivity index (χ4v) is 2.23. The van der Waals surface area contributed by atoms with Crippen molar-refractivity contribution in [3.63, 3.8) is 0 Å². The summed E-state index contributed by atoms with van der Waals surface area (Å²) in [6.45, 7) is 12.2. The third-order valence-electron chi connectivity index (χ3n) is 3.30. The molecule has 0 amide bonds. The molecule has 0 aromatic heterocycles. The molecule has 0 aliphatic rings. The molecule has 114 valence electrons. The van der Waals surface area contributed by atoms with E-state index >= 15 is 0 Å². The summed E-state index contributed by atoms with van der Waals surface area (Å²) in [5.74, 6) is 2.95. The minimum Gasteiger partial charge on any atom is -0.493 e. The second-order valence-electron chi connectivity index (χ2n) is 6.47. The average molecular weight is 286 g/mol. The number of ether oxygens (including phenoxy) is 2. The quantitative estimate of drug-likeness (QED) is 0.725. The molecule has 2 heteroatoms. The molecule has 2 rings (SSSR count). The van der Waals surface area contributed by atoms with Crippen molar-refractivity contribution in [2.24, 2.45) is 11.8 Å². The van der Waals surface area contributed by atoms with E-state index < -0.39 is 0 Å². The minimum atomic E-state index is 0.514. The van der Waals surface area contributed by atoms with Gasteiger partial charge in [0.1, 0.15) is 11.5 Å². The van der Waals surface area contributed by atoms with E-state index in [0.717, 1.165) is 35.5 Å². The monoisotopic (exact) mass is 286 g/mol. The lowest BCUT2D eigenvalue weighted by Gasteiger charge is -2.16. The van der Waals surface area contributed by atoms with E-state index in [1.165, 1.54) is 5.56 Å². The van der Waals surface area contributed by atoms with E-state index in [-0.39, 0.29) is 0 Å². The molecule has 0 aliphatic carbocycles. The van der Waals surface area contributed by atoms with Crippen molar-refractivity contribution in [3.05, 3.63) is 35.9 Å². The van der Waals surface area contributed by atoms with Gasteiger partial charge in [-0.2, -0.15) is 0 Å². The van der Waals surface area contributed by atoms with E-state index in [9.17, 15) is 0 Å². The first-order chi connectivity index (χ1) is 9.99. The highest BCUT2D eigenvalue weighted by Crippen LogP contribution is 2.35. The Hall–Kier alpha value is -1.70. The second kappa shape index (κ2) is 6.84. The van der Waals surface area contributed by atoms with Gasteiger partial charge in [-0.3, -0.25) is 0 Å². The van der Waals surface area contributed by atoms with Gasteiger partial charge in [0.2, 0.25) is 0 Å². The number of hydrogen-bond acceptors (Lipinski definition) is 2. The maximum absolute atomic E-state index is 6.04. The molecule has 0 aliphatic heterocycles. The first-order valence-electron chi connectivity index (χ1n) is 7.77. The number of rotatable bonds is 6. The molecule has 2 nitrogen and oxygen atoms in total. The zero-order chi connectivity index (χ0) is 15.4. The maximum atomic E-state index is 6.04. The lowest BCUT2D eigenvalue weighted by Crippen LogP contribution is -2.07. The van der Waals surface area contributed by atoms with E-state index in [1.807, 2.05) is 12.1 Å². The molecule has 0 radical (unpaired) electrons. The van der Waals surface area contributed by atoms with Gasteiger partial charge in [0.15, 0.2) is 0 Å². The van der Waals surface area contributed by atoms with Crippen molar-refractivity contribution in [2.45, 2.75) is 34.6 Å². The summed E-state index contributed by atoms with van der Waals surface area (Å²) in [6.07, 6.45) is 0. The van der Waals surface area contributed by atoms with E-state index in [2.05, 4.69) is 52.8 Å². The van der Waals surface area contributed by atoms with Gasteiger partial charge in [-0.25, -0.2) is 0 Å². The summed E-state index contributed by atoms with van der Waals surface area (Å²) >= 11 is 0. The van der Waals surface area contributed by atoms with Crippen LogP contribution in [0, 0.1) is 18.8 Å². The lowest BCUT2D eigenvalue weighted by molar-refractivity contribution is 0.270. The Bertz CT molecular complexity index is 600. The summed E-state index contributed by atoms with van der Waals surface area (Å²) in [5, 5.41) is 2.26. The summed E-state index contributed by atoms with van der Waals surface area (Å²) in [4.78, 5) is 0. The topological polar surface area (TPSA) is 18.5 Å². The minimum absolute atomic E-state index is 0.514. The molecule has 0 N–H and O–H groups in total. The Morgan fingerprint density at radius 1 is 0.810 bits per heavy atom. The molecule has 2 aromatic rings. The average Bonchev–Trinajstić information content (AvgIpc) is 2.43. The van der Waals surface area contributed by atoms with E-state index in [4.69, 9.17) is 9.47 Å². The molecule has 0 bridgehead atoms. The largest absolute Gasteiger partial charge is 0.493 e. The van der Waals surface area contributed by atoms with Crippen LogP contribution < -0.4 is 9.47 Å². The van der Waals surface area contributed by atoms with Crippen LogP contribution in [0.2, 0.25) is 0 Å². The number of benzene rings is 2. The summed E-state index contributed by atoms with van der Waals surface area (Å²) in [7, 11) is 0. The van der Waals surface area contributed by atoms with Gasteiger partial charge in [0.05, 0.1) is 13.2 Å². The Morgan fingerprint density at radius 3 is 2.14 bits per heavy atom. The highest BCUT2D eigenvalue weighted by Gasteiger charge is 2.11.